The van der Waals surface area contributed by atoms with Crippen LogP contribution >= 0.6 is 0 Å². The number of hydrogen-bond acceptors (Lipinski definition) is 7. The average Bonchev–Trinajstić information content (AvgIpc) is 3.23. The number of aromatic nitrogens is 3. The molecule has 9 nitrogen and oxygen atoms in total. The van der Waals surface area contributed by atoms with Crippen LogP contribution in [0.1, 0.15) is 44.0 Å². The predicted molar refractivity (Wildman–Crippen MR) is 123 cm³/mol. The molecule has 0 N–H and O–H groups in total. The van der Waals surface area contributed by atoms with Crippen molar-refractivity contribution in [2.75, 3.05) is 40.0 Å². The molecule has 0 spiro atoms. The van der Waals surface area contributed by atoms with Crippen molar-refractivity contribution < 1.29 is 28.1 Å². The average molecular weight is 477 g/mol. The summed E-state index contributed by atoms with van der Waals surface area (Å²) in [5.41, 5.74) is 1.24. The first-order valence-electron chi connectivity index (χ1n) is 11.6. The molecule has 0 bridgehead atoms. The second-order valence-corrected chi connectivity index (χ2v) is 9.87. The van der Waals surface area contributed by atoms with Gasteiger partial charge < -0.3 is 23.8 Å². The lowest BCUT2D eigenvalue weighted by molar-refractivity contribution is 0.0228. The summed E-state index contributed by atoms with van der Waals surface area (Å²) in [6.45, 7) is 8.41. The molecule has 10 heteroatoms. The largest absolute Gasteiger partial charge is 0.481 e. The second kappa shape index (κ2) is 9.40. The Morgan fingerprint density at radius 1 is 1.26 bits per heavy atom. The Bertz CT molecular complexity index is 1050. The van der Waals surface area contributed by atoms with Crippen LogP contribution in [0.25, 0.3) is 5.69 Å². The lowest BCUT2D eigenvalue weighted by Gasteiger charge is -2.25. The minimum absolute atomic E-state index is 0.0739. The van der Waals surface area contributed by atoms with E-state index in [4.69, 9.17) is 18.9 Å². The third-order valence-corrected chi connectivity index (χ3v) is 5.91. The van der Waals surface area contributed by atoms with E-state index in [1.54, 1.807) is 38.8 Å². The summed E-state index contributed by atoms with van der Waals surface area (Å²) in [6.07, 6.45) is 2.64. The molecule has 1 amide bonds. The normalized spacial score (nSPS) is 20.6. The Balaban J connectivity index is 1.52. The maximum absolute atomic E-state index is 15.6. The first-order chi connectivity index (χ1) is 16.1. The number of carbonyl (C=O) groups is 1. The highest BCUT2D eigenvalue weighted by molar-refractivity contribution is 5.68. The number of ether oxygens (including phenoxy) is 4. The molecular weight excluding hydrogens is 443 g/mol. The number of halogens is 1. The number of amides is 1. The minimum atomic E-state index is -1.67. The molecule has 0 aliphatic carbocycles. The van der Waals surface area contributed by atoms with Crippen LogP contribution in [-0.4, -0.2) is 77.0 Å². The van der Waals surface area contributed by atoms with Gasteiger partial charge in [0.05, 0.1) is 44.4 Å². The molecule has 2 aliphatic heterocycles. The zero-order chi connectivity index (χ0) is 24.5. The molecule has 2 aromatic rings. The number of rotatable bonds is 5. The van der Waals surface area contributed by atoms with Crippen LogP contribution < -0.4 is 9.47 Å². The first-order valence-corrected chi connectivity index (χ1v) is 11.6. The van der Waals surface area contributed by atoms with Crippen molar-refractivity contribution in [2.24, 2.45) is 0 Å². The van der Waals surface area contributed by atoms with E-state index >= 15 is 4.39 Å². The molecular formula is C24H33FN4O5. The molecule has 2 aliphatic rings. The quantitative estimate of drug-likeness (QED) is 0.653. The number of hydrogen-bond donors (Lipinski definition) is 0. The Kier molecular flexibility index (Phi) is 6.71. The number of methoxy groups -OCH3 is 1. The molecule has 1 unspecified atom stereocenters. The third kappa shape index (κ3) is 5.27. The number of carbonyl (C=O) groups excluding carboxylic acids is 1. The van der Waals surface area contributed by atoms with Crippen LogP contribution in [-0.2, 0) is 22.3 Å². The van der Waals surface area contributed by atoms with Gasteiger partial charge in [-0.05, 0) is 33.8 Å². The van der Waals surface area contributed by atoms with E-state index in [2.05, 4.69) is 10.1 Å². The Morgan fingerprint density at radius 3 is 2.74 bits per heavy atom. The van der Waals surface area contributed by atoms with Crippen LogP contribution in [0.15, 0.2) is 12.3 Å². The van der Waals surface area contributed by atoms with E-state index in [1.807, 2.05) is 13.0 Å². The lowest BCUT2D eigenvalue weighted by atomic mass is 10.1. The smallest absolute Gasteiger partial charge is 0.410 e. The number of fused-ring (bicyclic) bond motifs is 1. The molecule has 4 heterocycles. The van der Waals surface area contributed by atoms with Crippen molar-refractivity contribution in [1.82, 2.24) is 19.7 Å². The van der Waals surface area contributed by atoms with Gasteiger partial charge in [-0.3, -0.25) is 0 Å². The van der Waals surface area contributed by atoms with Gasteiger partial charge in [-0.25, -0.2) is 18.9 Å². The van der Waals surface area contributed by atoms with Gasteiger partial charge in [-0.15, -0.1) is 5.10 Å². The van der Waals surface area contributed by atoms with Crippen molar-refractivity contribution in [3.63, 3.8) is 0 Å². The highest BCUT2D eigenvalue weighted by atomic mass is 19.1. The zero-order valence-corrected chi connectivity index (χ0v) is 20.5. The Hall–Kier alpha value is -2.88. The first kappa shape index (κ1) is 24.3. The maximum Gasteiger partial charge on any atom is 0.410 e. The van der Waals surface area contributed by atoms with Crippen molar-refractivity contribution >= 4 is 6.09 Å². The van der Waals surface area contributed by atoms with Gasteiger partial charge in [0.2, 0.25) is 11.8 Å². The van der Waals surface area contributed by atoms with Crippen molar-refractivity contribution in [1.29, 1.82) is 0 Å². The number of pyridine rings is 1. The fraction of sp³-hybridized carbons (Fsp3) is 0.625. The van der Waals surface area contributed by atoms with E-state index in [0.717, 1.165) is 22.5 Å². The fourth-order valence-corrected chi connectivity index (χ4v) is 4.26. The van der Waals surface area contributed by atoms with Crippen LogP contribution in [0.2, 0.25) is 0 Å². The van der Waals surface area contributed by atoms with Gasteiger partial charge in [0.15, 0.2) is 5.67 Å². The Labute approximate surface area is 199 Å². The fourth-order valence-electron chi connectivity index (χ4n) is 4.26. The molecule has 2 aromatic heterocycles. The minimum Gasteiger partial charge on any atom is -0.481 e. The number of alkyl halides is 1. The standard InChI is InChI=1S/C24H33FN4O5/c1-16-12-17(13-26-20(16)31-5)29-19-7-11-32-10-6-18(19)21(27-29)33-15-24(25)8-9-28(14-24)22(30)34-23(2,3)4/h12-13H,6-11,14-15H2,1-5H3. The van der Waals surface area contributed by atoms with E-state index in [-0.39, 0.29) is 26.1 Å². The number of aryl methyl sites for hydroxylation is 1. The van der Waals surface area contributed by atoms with E-state index in [9.17, 15) is 4.79 Å². The van der Waals surface area contributed by atoms with Crippen LogP contribution in [0, 0.1) is 6.92 Å². The maximum atomic E-state index is 15.6. The molecule has 1 atom stereocenters. The molecule has 4 rings (SSSR count). The summed E-state index contributed by atoms with van der Waals surface area (Å²) >= 11 is 0. The van der Waals surface area contributed by atoms with Crippen LogP contribution in [0.3, 0.4) is 0 Å². The highest BCUT2D eigenvalue weighted by Gasteiger charge is 2.43. The van der Waals surface area contributed by atoms with Gasteiger partial charge in [0.1, 0.15) is 12.2 Å². The molecule has 1 fully saturated rings. The molecule has 1 saturated heterocycles. The summed E-state index contributed by atoms with van der Waals surface area (Å²) in [5, 5.41) is 4.68. The summed E-state index contributed by atoms with van der Waals surface area (Å²) < 4.78 is 39.6. The topological polar surface area (TPSA) is 87.9 Å². The molecule has 0 radical (unpaired) electrons. The van der Waals surface area contributed by atoms with Gasteiger partial charge in [-0.2, -0.15) is 0 Å². The SMILES string of the molecule is COc1ncc(-n2nc(OCC3(F)CCN(C(=O)OC(C)(C)C)C3)c3c2CCOCC3)cc1C. The lowest BCUT2D eigenvalue weighted by Crippen LogP contribution is -2.39. The molecule has 0 saturated carbocycles. The van der Waals surface area contributed by atoms with Crippen molar-refractivity contribution in [3.05, 3.63) is 29.1 Å². The van der Waals surface area contributed by atoms with Crippen LogP contribution in [0.4, 0.5) is 9.18 Å². The Morgan fingerprint density at radius 2 is 2.03 bits per heavy atom. The highest BCUT2D eigenvalue weighted by Crippen LogP contribution is 2.32. The summed E-state index contributed by atoms with van der Waals surface area (Å²) in [6, 6.07) is 1.95. The zero-order valence-electron chi connectivity index (χ0n) is 20.5. The van der Waals surface area contributed by atoms with E-state index in [1.165, 1.54) is 4.90 Å². The monoisotopic (exact) mass is 476 g/mol. The number of nitrogens with zero attached hydrogens (tertiary/aromatic N) is 4. The molecule has 34 heavy (non-hydrogen) atoms. The van der Waals surface area contributed by atoms with Gasteiger partial charge in [-0.1, -0.05) is 0 Å². The summed E-state index contributed by atoms with van der Waals surface area (Å²) in [4.78, 5) is 18.1. The summed E-state index contributed by atoms with van der Waals surface area (Å²) in [7, 11) is 1.58. The molecule has 186 valence electrons. The van der Waals surface area contributed by atoms with Crippen molar-refractivity contribution in [2.45, 2.75) is 58.2 Å². The summed E-state index contributed by atoms with van der Waals surface area (Å²) in [5.74, 6) is 0.943. The predicted octanol–water partition coefficient (Wildman–Crippen LogP) is 3.43. The number of likely N-dealkylation sites (tertiary alicyclic amines) is 1. The second-order valence-electron chi connectivity index (χ2n) is 9.87. The van der Waals surface area contributed by atoms with E-state index in [0.29, 0.717) is 37.8 Å². The van der Waals surface area contributed by atoms with E-state index < -0.39 is 17.4 Å². The molecule has 0 aromatic carbocycles. The third-order valence-electron chi connectivity index (χ3n) is 5.91. The van der Waals surface area contributed by atoms with Gasteiger partial charge in [0.25, 0.3) is 0 Å². The van der Waals surface area contributed by atoms with Crippen LogP contribution in [0.5, 0.6) is 11.8 Å². The van der Waals surface area contributed by atoms with Crippen molar-refractivity contribution in [3.8, 4) is 17.4 Å². The van der Waals surface area contributed by atoms with Gasteiger partial charge in [0, 0.05) is 36.9 Å². The van der Waals surface area contributed by atoms with Gasteiger partial charge >= 0.3 is 6.09 Å².